The minimum atomic E-state index is -0.295. The number of fused-ring (bicyclic) bond motifs is 1. The van der Waals surface area contributed by atoms with Crippen molar-refractivity contribution >= 4 is 11.6 Å². The molecular weight excluding hydrogens is 340 g/mol. The molecule has 2 fully saturated rings. The highest BCUT2D eigenvalue weighted by molar-refractivity contribution is 6.21. The zero-order valence-electron chi connectivity index (χ0n) is 17.3. The number of hydrogen-bond acceptors (Lipinski definition) is 4. The molecule has 0 saturated heterocycles. The molecule has 0 spiro atoms. The van der Waals surface area contributed by atoms with Crippen LogP contribution in [-0.4, -0.2) is 25.8 Å². The van der Waals surface area contributed by atoms with Crippen molar-refractivity contribution in [3.8, 4) is 0 Å². The van der Waals surface area contributed by atoms with Gasteiger partial charge in [-0.1, -0.05) is 39.3 Å². The summed E-state index contributed by atoms with van der Waals surface area (Å²) in [5.41, 5.74) is 2.01. The summed E-state index contributed by atoms with van der Waals surface area (Å²) in [4.78, 5) is 25.4. The summed E-state index contributed by atoms with van der Waals surface area (Å²) < 4.78 is 10.5. The Morgan fingerprint density at radius 1 is 1.15 bits per heavy atom. The van der Waals surface area contributed by atoms with Crippen molar-refractivity contribution in [3.05, 3.63) is 35.3 Å². The second-order valence-corrected chi connectivity index (χ2v) is 9.27. The fraction of sp³-hybridized carbons (Fsp3) is 0.652. The summed E-state index contributed by atoms with van der Waals surface area (Å²) in [7, 11) is 2.88. The van der Waals surface area contributed by atoms with Crippen LogP contribution in [0.15, 0.2) is 35.3 Å². The molecule has 0 aromatic rings. The number of ketones is 2. The first-order chi connectivity index (χ1) is 12.7. The fourth-order valence-electron chi connectivity index (χ4n) is 6.07. The van der Waals surface area contributed by atoms with Crippen LogP contribution in [-0.2, 0) is 19.1 Å². The van der Waals surface area contributed by atoms with Crippen LogP contribution in [0.1, 0.15) is 59.3 Å². The lowest BCUT2D eigenvalue weighted by atomic mass is 9.47. The number of methoxy groups -OCH3 is 2. The third kappa shape index (κ3) is 3.17. The highest BCUT2D eigenvalue weighted by Gasteiger charge is 2.53. The predicted molar refractivity (Wildman–Crippen MR) is 105 cm³/mol. The molecule has 4 nitrogen and oxygen atoms in total. The first-order valence-corrected chi connectivity index (χ1v) is 9.95. The maximum absolute atomic E-state index is 12.9. The van der Waals surface area contributed by atoms with Gasteiger partial charge in [-0.25, -0.2) is 0 Å². The number of carbonyl (C=O) groups excluding carboxylic acids is 2. The van der Waals surface area contributed by atoms with Crippen LogP contribution in [0.3, 0.4) is 0 Å². The number of hydrogen-bond donors (Lipinski definition) is 0. The molecule has 0 heterocycles. The summed E-state index contributed by atoms with van der Waals surface area (Å²) in [6, 6.07) is 0. The summed E-state index contributed by atoms with van der Waals surface area (Å²) in [6.45, 7) is 11.5. The quantitative estimate of drug-likeness (QED) is 0.527. The van der Waals surface area contributed by atoms with E-state index >= 15 is 0 Å². The molecule has 0 aliphatic heterocycles. The van der Waals surface area contributed by atoms with E-state index in [4.69, 9.17) is 9.47 Å². The zero-order chi connectivity index (χ0) is 20.0. The molecule has 0 N–H and O–H groups in total. The van der Waals surface area contributed by atoms with Crippen LogP contribution in [0.2, 0.25) is 0 Å². The third-order valence-electron chi connectivity index (χ3n) is 7.41. The maximum atomic E-state index is 12.9. The van der Waals surface area contributed by atoms with E-state index in [9.17, 15) is 9.59 Å². The molecule has 0 radical (unpaired) electrons. The predicted octanol–water partition coefficient (Wildman–Crippen LogP) is 4.76. The lowest BCUT2D eigenvalue weighted by Crippen LogP contribution is -2.49. The van der Waals surface area contributed by atoms with E-state index in [2.05, 4.69) is 27.4 Å². The molecular formula is C23H32O4. The van der Waals surface area contributed by atoms with Gasteiger partial charge in [0.15, 0.2) is 11.5 Å². The van der Waals surface area contributed by atoms with Crippen LogP contribution in [0.4, 0.5) is 0 Å². The van der Waals surface area contributed by atoms with Gasteiger partial charge in [0.1, 0.15) is 0 Å². The maximum Gasteiger partial charge on any atom is 0.227 e. The molecule has 148 valence electrons. The molecule has 0 aromatic carbocycles. The average Bonchev–Trinajstić information content (AvgIpc) is 2.59. The monoisotopic (exact) mass is 372 g/mol. The van der Waals surface area contributed by atoms with E-state index in [1.54, 1.807) is 0 Å². The van der Waals surface area contributed by atoms with E-state index in [-0.39, 0.29) is 39.8 Å². The number of ether oxygens (including phenoxy) is 2. The molecule has 4 heteroatoms. The van der Waals surface area contributed by atoms with Crippen LogP contribution < -0.4 is 0 Å². The normalized spacial score (nSPS) is 33.5. The number of allylic oxidation sites excluding steroid dienone is 3. The Hall–Kier alpha value is -1.84. The van der Waals surface area contributed by atoms with Crippen LogP contribution in [0.5, 0.6) is 0 Å². The van der Waals surface area contributed by atoms with E-state index in [1.807, 2.05) is 0 Å². The van der Waals surface area contributed by atoms with Crippen molar-refractivity contribution in [3.63, 3.8) is 0 Å². The Kier molecular flexibility index (Phi) is 5.13. The van der Waals surface area contributed by atoms with Gasteiger partial charge in [-0.3, -0.25) is 9.59 Å². The van der Waals surface area contributed by atoms with Gasteiger partial charge in [-0.2, -0.15) is 0 Å². The largest absolute Gasteiger partial charge is 0.493 e. The minimum absolute atomic E-state index is 0.0840. The standard InChI is InChI=1S/C23H32O4/c1-14-8-9-19-22(2,3)10-7-11-23(19,4)16(14)12-15-20(25)18(26-5)13-17(24)21(15)27-6/h13,16,19H,1,7-12H2,2-6H3/t16-,19-,23+/m1/s1. The van der Waals surface area contributed by atoms with Gasteiger partial charge in [0.2, 0.25) is 11.6 Å². The van der Waals surface area contributed by atoms with Crippen LogP contribution in [0.25, 0.3) is 0 Å². The average molecular weight is 373 g/mol. The molecule has 3 atom stereocenters. The first kappa shape index (κ1) is 19.9. The summed E-state index contributed by atoms with van der Waals surface area (Å²) in [5, 5.41) is 0. The van der Waals surface area contributed by atoms with Crippen molar-refractivity contribution in [1.29, 1.82) is 0 Å². The van der Waals surface area contributed by atoms with Crippen molar-refractivity contribution in [2.24, 2.45) is 22.7 Å². The molecule has 0 unspecified atom stereocenters. The highest BCUT2D eigenvalue weighted by Crippen LogP contribution is 2.62. The van der Waals surface area contributed by atoms with Crippen molar-refractivity contribution in [2.75, 3.05) is 14.2 Å². The SMILES string of the molecule is C=C1CC[C@@H]2C(C)(C)CCC[C@@]2(C)[C@@H]1CC1=C(OC)C(=O)C=C(OC)C1=O. The lowest BCUT2D eigenvalue weighted by molar-refractivity contribution is -0.120. The number of rotatable bonds is 4. The topological polar surface area (TPSA) is 52.6 Å². The molecule has 3 aliphatic carbocycles. The Morgan fingerprint density at radius 3 is 2.48 bits per heavy atom. The van der Waals surface area contributed by atoms with Gasteiger partial charge in [0.05, 0.1) is 19.8 Å². The van der Waals surface area contributed by atoms with Crippen molar-refractivity contribution in [2.45, 2.75) is 59.3 Å². The molecule has 0 bridgehead atoms. The number of Topliss-reactive ketones (excluding diaryl/α,β-unsaturated/α-hetero) is 1. The molecule has 0 amide bonds. The van der Waals surface area contributed by atoms with Crippen molar-refractivity contribution in [1.82, 2.24) is 0 Å². The van der Waals surface area contributed by atoms with Gasteiger partial charge in [-0.15, -0.1) is 0 Å². The fourth-order valence-corrected chi connectivity index (χ4v) is 6.07. The summed E-state index contributed by atoms with van der Waals surface area (Å²) in [6.07, 6.45) is 7.44. The molecule has 0 aromatic heterocycles. The van der Waals surface area contributed by atoms with E-state index in [0.29, 0.717) is 17.9 Å². The Labute approximate surface area is 162 Å². The Morgan fingerprint density at radius 2 is 1.85 bits per heavy atom. The number of carbonyl (C=O) groups is 2. The molecule has 3 aliphatic rings. The van der Waals surface area contributed by atoms with Gasteiger partial charge in [-0.05, 0) is 54.8 Å². The van der Waals surface area contributed by atoms with Crippen LogP contribution >= 0.6 is 0 Å². The van der Waals surface area contributed by atoms with Gasteiger partial charge in [0, 0.05) is 6.08 Å². The van der Waals surface area contributed by atoms with Gasteiger partial charge >= 0.3 is 0 Å². The van der Waals surface area contributed by atoms with Crippen molar-refractivity contribution < 1.29 is 19.1 Å². The highest BCUT2D eigenvalue weighted by atomic mass is 16.5. The van der Waals surface area contributed by atoms with Gasteiger partial charge < -0.3 is 9.47 Å². The first-order valence-electron chi connectivity index (χ1n) is 9.95. The third-order valence-corrected chi connectivity index (χ3v) is 7.41. The van der Waals surface area contributed by atoms with Crippen LogP contribution in [0, 0.1) is 22.7 Å². The molecule has 2 saturated carbocycles. The second kappa shape index (κ2) is 6.96. The molecule has 3 rings (SSSR count). The van der Waals surface area contributed by atoms with E-state index < -0.39 is 0 Å². The minimum Gasteiger partial charge on any atom is -0.493 e. The second-order valence-electron chi connectivity index (χ2n) is 9.27. The smallest absolute Gasteiger partial charge is 0.227 e. The molecule has 27 heavy (non-hydrogen) atoms. The Balaban J connectivity index is 2.00. The van der Waals surface area contributed by atoms with E-state index in [1.165, 1.54) is 38.7 Å². The zero-order valence-corrected chi connectivity index (χ0v) is 17.3. The van der Waals surface area contributed by atoms with Gasteiger partial charge in [0.25, 0.3) is 0 Å². The Bertz CT molecular complexity index is 739. The summed E-state index contributed by atoms with van der Waals surface area (Å²) >= 11 is 0. The summed E-state index contributed by atoms with van der Waals surface area (Å²) in [5.74, 6) is 0.493. The van der Waals surface area contributed by atoms with E-state index in [0.717, 1.165) is 19.3 Å². The lowest BCUT2D eigenvalue weighted by Gasteiger charge is -2.58.